The summed E-state index contributed by atoms with van der Waals surface area (Å²) in [6.07, 6.45) is -0.217. The molecule has 0 N–H and O–H groups in total. The summed E-state index contributed by atoms with van der Waals surface area (Å²) >= 11 is 5.42. The van der Waals surface area contributed by atoms with Crippen LogP contribution in [0.1, 0.15) is 13.8 Å². The van der Waals surface area contributed by atoms with E-state index in [1.165, 1.54) is 12.1 Å². The van der Waals surface area contributed by atoms with Crippen molar-refractivity contribution in [2.24, 2.45) is 0 Å². The topological polar surface area (TPSA) is 86.5 Å². The Balaban J connectivity index is 3.32. The molecule has 6 nitrogen and oxygen atoms in total. The molecule has 1 aromatic rings. The van der Waals surface area contributed by atoms with E-state index in [1.54, 1.807) is 13.8 Å². The molecule has 0 amide bonds. The zero-order valence-corrected chi connectivity index (χ0v) is 12.1. The molecular weight excluding hydrogens is 294 g/mol. The smallest absolute Gasteiger partial charge is 0.274 e. The Morgan fingerprint density at radius 1 is 1.37 bits per heavy atom. The predicted molar refractivity (Wildman–Crippen MR) is 71.6 cm³/mol. The summed E-state index contributed by atoms with van der Waals surface area (Å²) in [5.41, 5.74) is -0.328. The number of nitro groups is 1. The molecule has 0 saturated carbocycles. The molecule has 0 radical (unpaired) electrons. The minimum absolute atomic E-state index is 0.0780. The van der Waals surface area contributed by atoms with Gasteiger partial charge in [-0.15, -0.1) is 11.6 Å². The Kier molecular flexibility index (Phi) is 5.13. The summed E-state index contributed by atoms with van der Waals surface area (Å²) in [4.78, 5) is 9.99. The second-order valence-electron chi connectivity index (χ2n) is 4.09. The van der Waals surface area contributed by atoms with E-state index in [4.69, 9.17) is 16.3 Å². The summed E-state index contributed by atoms with van der Waals surface area (Å²) in [6, 6.07) is 3.48. The van der Waals surface area contributed by atoms with Gasteiger partial charge in [0, 0.05) is 11.9 Å². The van der Waals surface area contributed by atoms with Crippen LogP contribution in [0.5, 0.6) is 5.75 Å². The SMILES string of the molecule is CC(C)Oc1cc([N+](=O)[O-])cc(S(=O)(=O)CCCl)c1. The lowest BCUT2D eigenvalue weighted by atomic mass is 10.3. The van der Waals surface area contributed by atoms with Gasteiger partial charge in [-0.3, -0.25) is 10.1 Å². The average Bonchev–Trinajstić information content (AvgIpc) is 2.27. The third-order valence-corrected chi connectivity index (χ3v) is 4.26. The molecular formula is C11H14ClNO5S. The summed E-state index contributed by atoms with van der Waals surface area (Å²) in [7, 11) is -3.64. The highest BCUT2D eigenvalue weighted by atomic mass is 35.5. The van der Waals surface area contributed by atoms with E-state index < -0.39 is 14.8 Å². The van der Waals surface area contributed by atoms with Gasteiger partial charge in [-0.2, -0.15) is 0 Å². The average molecular weight is 308 g/mol. The summed E-state index contributed by atoms with van der Waals surface area (Å²) in [5, 5.41) is 10.8. The number of rotatable bonds is 6. The lowest BCUT2D eigenvalue weighted by Gasteiger charge is -2.11. The molecule has 0 aliphatic rings. The molecule has 0 aliphatic heterocycles. The molecule has 0 atom stereocenters. The largest absolute Gasteiger partial charge is 0.491 e. The van der Waals surface area contributed by atoms with E-state index >= 15 is 0 Å². The van der Waals surface area contributed by atoms with Crippen LogP contribution in [0.2, 0.25) is 0 Å². The van der Waals surface area contributed by atoms with Crippen LogP contribution in [-0.4, -0.2) is 31.1 Å². The minimum Gasteiger partial charge on any atom is -0.491 e. The van der Waals surface area contributed by atoms with E-state index in [9.17, 15) is 18.5 Å². The van der Waals surface area contributed by atoms with Gasteiger partial charge in [0.05, 0.1) is 27.7 Å². The van der Waals surface area contributed by atoms with Crippen LogP contribution in [0.3, 0.4) is 0 Å². The van der Waals surface area contributed by atoms with E-state index in [2.05, 4.69) is 0 Å². The minimum atomic E-state index is -3.64. The Labute approximate surface area is 116 Å². The molecule has 1 rings (SSSR count). The summed E-state index contributed by atoms with van der Waals surface area (Å²) in [5.74, 6) is -0.209. The van der Waals surface area contributed by atoms with Gasteiger partial charge >= 0.3 is 0 Å². The molecule has 0 unspecified atom stereocenters. The second-order valence-corrected chi connectivity index (χ2v) is 6.58. The predicted octanol–water partition coefficient (Wildman–Crippen LogP) is 2.39. The highest BCUT2D eigenvalue weighted by Gasteiger charge is 2.20. The number of alkyl halides is 1. The Hall–Kier alpha value is -1.34. The van der Waals surface area contributed by atoms with Crippen molar-refractivity contribution >= 4 is 27.1 Å². The molecule has 19 heavy (non-hydrogen) atoms. The molecule has 1 aromatic carbocycles. The van der Waals surface area contributed by atoms with E-state index in [1.807, 2.05) is 0 Å². The van der Waals surface area contributed by atoms with Gasteiger partial charge in [-0.05, 0) is 19.9 Å². The monoisotopic (exact) mass is 307 g/mol. The van der Waals surface area contributed by atoms with Crippen molar-refractivity contribution in [3.8, 4) is 5.75 Å². The first kappa shape index (κ1) is 15.7. The number of hydrogen-bond acceptors (Lipinski definition) is 5. The van der Waals surface area contributed by atoms with Crippen LogP contribution in [0, 0.1) is 10.1 Å². The van der Waals surface area contributed by atoms with Gasteiger partial charge in [-0.25, -0.2) is 8.42 Å². The Morgan fingerprint density at radius 3 is 2.47 bits per heavy atom. The first-order valence-corrected chi connectivity index (χ1v) is 7.70. The number of hydrogen-bond donors (Lipinski definition) is 0. The van der Waals surface area contributed by atoms with Crippen LogP contribution in [0.4, 0.5) is 5.69 Å². The molecule has 8 heteroatoms. The molecule has 0 bridgehead atoms. The molecule has 0 fully saturated rings. The number of sulfone groups is 1. The fourth-order valence-corrected chi connectivity index (χ4v) is 3.05. The van der Waals surface area contributed by atoms with Crippen molar-refractivity contribution in [1.82, 2.24) is 0 Å². The van der Waals surface area contributed by atoms with Gasteiger partial charge in [0.25, 0.3) is 5.69 Å². The van der Waals surface area contributed by atoms with E-state index in [0.29, 0.717) is 0 Å². The van der Waals surface area contributed by atoms with Crippen molar-refractivity contribution in [3.63, 3.8) is 0 Å². The van der Waals surface area contributed by atoms with Gasteiger partial charge in [0.2, 0.25) is 0 Å². The maximum absolute atomic E-state index is 11.9. The number of non-ortho nitro benzene ring substituents is 1. The number of benzene rings is 1. The molecule has 106 valence electrons. The molecule has 0 saturated heterocycles. The van der Waals surface area contributed by atoms with E-state index in [0.717, 1.165) is 6.07 Å². The summed E-state index contributed by atoms with van der Waals surface area (Å²) < 4.78 is 29.1. The van der Waals surface area contributed by atoms with Crippen LogP contribution >= 0.6 is 11.6 Å². The van der Waals surface area contributed by atoms with Gasteiger partial charge in [0.15, 0.2) is 9.84 Å². The van der Waals surface area contributed by atoms with Crippen molar-refractivity contribution in [3.05, 3.63) is 28.3 Å². The normalized spacial score (nSPS) is 11.6. The number of nitro benzene ring substituents is 1. The Bertz CT molecular complexity index is 570. The standard InChI is InChI=1S/C11H14ClNO5S/c1-8(2)18-10-5-9(13(14)15)6-11(7-10)19(16,17)4-3-12/h5-8H,3-4H2,1-2H3. The van der Waals surface area contributed by atoms with Crippen LogP contribution in [-0.2, 0) is 9.84 Å². The maximum atomic E-state index is 11.9. The van der Waals surface area contributed by atoms with Crippen molar-refractivity contribution < 1.29 is 18.1 Å². The highest BCUT2D eigenvalue weighted by molar-refractivity contribution is 7.91. The van der Waals surface area contributed by atoms with Crippen LogP contribution in [0.15, 0.2) is 23.1 Å². The Morgan fingerprint density at radius 2 is 2.00 bits per heavy atom. The maximum Gasteiger partial charge on any atom is 0.274 e. The number of halogens is 1. The van der Waals surface area contributed by atoms with Crippen molar-refractivity contribution in [1.29, 1.82) is 0 Å². The van der Waals surface area contributed by atoms with Gasteiger partial charge in [-0.1, -0.05) is 0 Å². The fraction of sp³-hybridized carbons (Fsp3) is 0.455. The third kappa shape index (κ3) is 4.36. The van der Waals surface area contributed by atoms with Gasteiger partial charge in [0.1, 0.15) is 5.75 Å². The lowest BCUT2D eigenvalue weighted by molar-refractivity contribution is -0.385. The molecule has 0 aliphatic carbocycles. The molecule has 0 heterocycles. The van der Waals surface area contributed by atoms with Crippen molar-refractivity contribution in [2.75, 3.05) is 11.6 Å². The van der Waals surface area contributed by atoms with Crippen molar-refractivity contribution in [2.45, 2.75) is 24.8 Å². The third-order valence-electron chi connectivity index (χ3n) is 2.15. The zero-order chi connectivity index (χ0) is 14.6. The number of nitrogens with zero attached hydrogens (tertiary/aromatic N) is 1. The van der Waals surface area contributed by atoms with Crippen LogP contribution in [0.25, 0.3) is 0 Å². The highest BCUT2D eigenvalue weighted by Crippen LogP contribution is 2.27. The fourth-order valence-electron chi connectivity index (χ4n) is 1.40. The first-order chi connectivity index (χ1) is 8.76. The summed E-state index contributed by atoms with van der Waals surface area (Å²) in [6.45, 7) is 3.48. The molecule has 0 spiro atoms. The number of ether oxygens (including phenoxy) is 1. The quantitative estimate of drug-likeness (QED) is 0.457. The second kappa shape index (κ2) is 6.21. The lowest BCUT2D eigenvalue weighted by Crippen LogP contribution is -2.10. The van der Waals surface area contributed by atoms with E-state index in [-0.39, 0.29) is 34.1 Å². The molecule has 0 aromatic heterocycles. The first-order valence-electron chi connectivity index (χ1n) is 5.51. The van der Waals surface area contributed by atoms with Gasteiger partial charge < -0.3 is 4.74 Å². The zero-order valence-electron chi connectivity index (χ0n) is 10.5. The van der Waals surface area contributed by atoms with Crippen LogP contribution < -0.4 is 4.74 Å².